The molecule has 0 aromatic heterocycles. The summed E-state index contributed by atoms with van der Waals surface area (Å²) in [6.45, 7) is 1.91. The molecule has 2 amide bonds. The third-order valence-corrected chi connectivity index (χ3v) is 3.72. The van der Waals surface area contributed by atoms with Gasteiger partial charge in [0.1, 0.15) is 6.04 Å². The zero-order valence-corrected chi connectivity index (χ0v) is 12.5. The summed E-state index contributed by atoms with van der Waals surface area (Å²) in [4.78, 5) is 35.2. The van der Waals surface area contributed by atoms with E-state index in [1.165, 1.54) is 0 Å². The maximum atomic E-state index is 12.3. The average Bonchev–Trinajstić information content (AvgIpc) is 3.22. The van der Waals surface area contributed by atoms with Crippen LogP contribution >= 0.6 is 0 Å². The van der Waals surface area contributed by atoms with Crippen LogP contribution in [0.3, 0.4) is 0 Å². The molecule has 6 nitrogen and oxygen atoms in total. The number of rotatable bonds is 8. The second-order valence-corrected chi connectivity index (χ2v) is 5.62. The maximum absolute atomic E-state index is 12.3. The van der Waals surface area contributed by atoms with Crippen molar-refractivity contribution < 1.29 is 14.4 Å². The van der Waals surface area contributed by atoms with Crippen LogP contribution in [0.2, 0.25) is 0 Å². The lowest BCUT2D eigenvalue weighted by molar-refractivity contribution is -0.128. The van der Waals surface area contributed by atoms with E-state index >= 15 is 0 Å². The molecule has 6 heteroatoms. The van der Waals surface area contributed by atoms with Crippen molar-refractivity contribution in [3.05, 3.63) is 35.9 Å². The smallest absolute Gasteiger partial charge is 0.239 e. The Morgan fingerprint density at radius 1 is 1.23 bits per heavy atom. The van der Waals surface area contributed by atoms with E-state index in [0.717, 1.165) is 5.56 Å². The number of amides is 2. The van der Waals surface area contributed by atoms with Crippen LogP contribution in [0.5, 0.6) is 0 Å². The fraction of sp³-hybridized carbons (Fsp3) is 0.438. The lowest BCUT2D eigenvalue weighted by atomic mass is 9.99. The Kier molecular flexibility index (Phi) is 5.27. The van der Waals surface area contributed by atoms with Crippen LogP contribution in [-0.2, 0) is 20.8 Å². The summed E-state index contributed by atoms with van der Waals surface area (Å²) in [6, 6.07) is 8.72. The Morgan fingerprint density at radius 2 is 1.86 bits per heavy atom. The normalized spacial score (nSPS) is 21.0. The number of hydrogen-bond acceptors (Lipinski definition) is 4. The summed E-state index contributed by atoms with van der Waals surface area (Å²) in [7, 11) is 0. The lowest BCUT2D eigenvalue weighted by Crippen LogP contribution is -2.45. The fourth-order valence-electron chi connectivity index (χ4n) is 2.31. The van der Waals surface area contributed by atoms with E-state index in [2.05, 4.69) is 10.6 Å². The predicted molar refractivity (Wildman–Crippen MR) is 81.9 cm³/mol. The van der Waals surface area contributed by atoms with E-state index in [9.17, 15) is 14.4 Å². The molecule has 22 heavy (non-hydrogen) atoms. The Balaban J connectivity index is 2.00. The number of benzene rings is 1. The molecule has 2 rings (SSSR count). The Morgan fingerprint density at radius 3 is 2.41 bits per heavy atom. The Labute approximate surface area is 129 Å². The van der Waals surface area contributed by atoms with Crippen LogP contribution in [0, 0.1) is 0 Å². The molecule has 4 N–H and O–H groups in total. The van der Waals surface area contributed by atoms with Crippen molar-refractivity contribution in [3.8, 4) is 0 Å². The van der Waals surface area contributed by atoms with Gasteiger partial charge in [0, 0.05) is 18.9 Å². The largest absolute Gasteiger partial charge is 0.370 e. The Bertz CT molecular complexity index is 559. The van der Waals surface area contributed by atoms with E-state index < -0.39 is 11.9 Å². The number of hydrogen-bond donors (Lipinski definition) is 3. The first-order chi connectivity index (χ1) is 10.5. The number of ketones is 1. The third-order valence-electron chi connectivity index (χ3n) is 3.72. The van der Waals surface area contributed by atoms with Crippen LogP contribution in [0.4, 0.5) is 0 Å². The van der Waals surface area contributed by atoms with Gasteiger partial charge < -0.3 is 11.1 Å². The van der Waals surface area contributed by atoms with Gasteiger partial charge in [0.2, 0.25) is 11.8 Å². The molecular formula is C16H21N3O3. The molecule has 0 aliphatic carbocycles. The van der Waals surface area contributed by atoms with Gasteiger partial charge in [-0.05, 0) is 18.9 Å². The highest BCUT2D eigenvalue weighted by molar-refractivity contribution is 5.93. The summed E-state index contributed by atoms with van der Waals surface area (Å²) in [5.41, 5.74) is 6.04. The number of nitrogens with two attached hydrogens (primary N) is 1. The van der Waals surface area contributed by atoms with Crippen LogP contribution in [0.1, 0.15) is 25.3 Å². The van der Waals surface area contributed by atoms with Crippen LogP contribution in [0.15, 0.2) is 30.3 Å². The number of carbonyl (C=O) groups excluding carboxylic acids is 3. The van der Waals surface area contributed by atoms with E-state index in [1.807, 2.05) is 37.3 Å². The van der Waals surface area contributed by atoms with E-state index in [0.29, 0.717) is 6.42 Å². The highest BCUT2D eigenvalue weighted by Crippen LogP contribution is 2.12. The van der Waals surface area contributed by atoms with Gasteiger partial charge in [-0.25, -0.2) is 0 Å². The minimum Gasteiger partial charge on any atom is -0.370 e. The van der Waals surface area contributed by atoms with Gasteiger partial charge in [-0.1, -0.05) is 30.3 Å². The quantitative estimate of drug-likeness (QED) is 0.583. The van der Waals surface area contributed by atoms with Crippen molar-refractivity contribution in [2.24, 2.45) is 5.73 Å². The fourth-order valence-corrected chi connectivity index (χ4v) is 2.31. The van der Waals surface area contributed by atoms with Crippen molar-refractivity contribution in [3.63, 3.8) is 0 Å². The van der Waals surface area contributed by atoms with Crippen molar-refractivity contribution in [1.82, 2.24) is 10.6 Å². The van der Waals surface area contributed by atoms with Crippen molar-refractivity contribution in [1.29, 1.82) is 0 Å². The standard InChI is InChI=1S/C16H21N3O3/c1-10-15(18-10)16(22)19-12(13(20)7-8-14(17)21)9-11-5-3-2-4-6-11/h2-6,10,12,15,18H,7-9H2,1H3,(H2,17,21)(H,19,22)/t10-,12-,15-/m0/s1. The van der Waals surface area contributed by atoms with Gasteiger partial charge in [0.25, 0.3) is 0 Å². The van der Waals surface area contributed by atoms with E-state index in [1.54, 1.807) is 0 Å². The molecule has 1 fully saturated rings. The van der Waals surface area contributed by atoms with Crippen molar-refractivity contribution >= 4 is 17.6 Å². The minimum absolute atomic E-state index is 0.00191. The molecule has 0 unspecified atom stereocenters. The molecule has 1 aromatic carbocycles. The SMILES string of the molecule is C[C@@H]1N[C@@H]1C(=O)N[C@@H](Cc1ccccc1)C(=O)CCC(N)=O. The molecule has 1 heterocycles. The monoisotopic (exact) mass is 303 g/mol. The van der Waals surface area contributed by atoms with E-state index in [-0.39, 0.29) is 36.6 Å². The summed E-state index contributed by atoms with van der Waals surface area (Å²) in [6.07, 6.45) is 0.449. The summed E-state index contributed by atoms with van der Waals surface area (Å²) in [5, 5.41) is 5.77. The van der Waals surface area contributed by atoms with E-state index in [4.69, 9.17) is 5.73 Å². The number of primary amides is 1. The highest BCUT2D eigenvalue weighted by atomic mass is 16.2. The molecule has 118 valence electrons. The molecular weight excluding hydrogens is 282 g/mol. The third kappa shape index (κ3) is 4.66. The molecule has 1 aliphatic rings. The van der Waals surface area contributed by atoms with Crippen LogP contribution < -0.4 is 16.4 Å². The summed E-state index contributed by atoms with van der Waals surface area (Å²) < 4.78 is 0. The second kappa shape index (κ2) is 7.17. The molecule has 3 atom stereocenters. The van der Waals surface area contributed by atoms with Crippen LogP contribution in [0.25, 0.3) is 0 Å². The Hall–Kier alpha value is -2.21. The van der Waals surface area contributed by atoms with Gasteiger partial charge in [-0.3, -0.25) is 19.7 Å². The first-order valence-corrected chi connectivity index (χ1v) is 7.38. The van der Waals surface area contributed by atoms with Gasteiger partial charge in [-0.2, -0.15) is 0 Å². The molecule has 0 spiro atoms. The molecule has 0 bridgehead atoms. The van der Waals surface area contributed by atoms with Gasteiger partial charge >= 0.3 is 0 Å². The summed E-state index contributed by atoms with van der Waals surface area (Å²) in [5.74, 6) is -0.874. The lowest BCUT2D eigenvalue weighted by Gasteiger charge is -2.17. The zero-order chi connectivity index (χ0) is 16.1. The van der Waals surface area contributed by atoms with Crippen LogP contribution in [-0.4, -0.2) is 35.7 Å². The topological polar surface area (TPSA) is 111 Å². The average molecular weight is 303 g/mol. The first kappa shape index (κ1) is 16.2. The molecule has 0 radical (unpaired) electrons. The molecule has 1 aromatic rings. The van der Waals surface area contributed by atoms with Gasteiger partial charge in [-0.15, -0.1) is 0 Å². The number of carbonyl (C=O) groups is 3. The zero-order valence-electron chi connectivity index (χ0n) is 12.5. The second-order valence-electron chi connectivity index (χ2n) is 5.62. The number of nitrogens with one attached hydrogen (secondary N) is 2. The molecule has 0 saturated carbocycles. The predicted octanol–water partition coefficient (Wildman–Crippen LogP) is -0.0912. The maximum Gasteiger partial charge on any atom is 0.239 e. The van der Waals surface area contributed by atoms with Crippen molar-refractivity contribution in [2.45, 2.75) is 44.3 Å². The van der Waals surface area contributed by atoms with Crippen molar-refractivity contribution in [2.75, 3.05) is 0 Å². The van der Waals surface area contributed by atoms with Gasteiger partial charge in [0.15, 0.2) is 5.78 Å². The minimum atomic E-state index is -0.635. The number of Topliss-reactive ketones (excluding diaryl/α,β-unsaturated/α-hetero) is 1. The molecule has 1 aliphatic heterocycles. The highest BCUT2D eigenvalue weighted by Gasteiger charge is 2.39. The summed E-state index contributed by atoms with van der Waals surface area (Å²) >= 11 is 0. The molecule has 1 saturated heterocycles. The van der Waals surface area contributed by atoms with Gasteiger partial charge in [0.05, 0.1) is 6.04 Å². The first-order valence-electron chi connectivity index (χ1n) is 7.38.